The third-order valence-corrected chi connectivity index (χ3v) is 3.27. The summed E-state index contributed by atoms with van der Waals surface area (Å²) in [4.78, 5) is 4.62. The fourth-order valence-electron chi connectivity index (χ4n) is 2.24. The number of aromatic nitrogens is 2. The highest BCUT2D eigenvalue weighted by Crippen LogP contribution is 2.24. The molecular formula is C15H17N3O. The van der Waals surface area contributed by atoms with Crippen LogP contribution in [0.2, 0.25) is 0 Å². The van der Waals surface area contributed by atoms with Gasteiger partial charge >= 0.3 is 0 Å². The van der Waals surface area contributed by atoms with Crippen LogP contribution < -0.4 is 5.32 Å². The Morgan fingerprint density at radius 2 is 2.21 bits per heavy atom. The number of rotatable bonds is 4. The molecule has 3 aromatic rings. The van der Waals surface area contributed by atoms with E-state index in [0.717, 1.165) is 35.7 Å². The van der Waals surface area contributed by atoms with Crippen molar-refractivity contribution in [2.75, 3.05) is 6.54 Å². The molecule has 1 N–H and O–H groups in total. The zero-order valence-corrected chi connectivity index (χ0v) is 11.2. The van der Waals surface area contributed by atoms with Crippen molar-refractivity contribution in [3.8, 4) is 11.6 Å². The van der Waals surface area contributed by atoms with Gasteiger partial charge in [-0.25, -0.2) is 4.98 Å². The Kier molecular flexibility index (Phi) is 3.09. The molecular weight excluding hydrogens is 238 g/mol. The highest BCUT2D eigenvalue weighted by molar-refractivity contribution is 5.80. The zero-order chi connectivity index (χ0) is 13.2. The van der Waals surface area contributed by atoms with Gasteiger partial charge in [-0.05, 0) is 36.4 Å². The first-order valence-corrected chi connectivity index (χ1v) is 6.49. The minimum absolute atomic E-state index is 0.798. The van der Waals surface area contributed by atoms with Crippen LogP contribution >= 0.6 is 0 Å². The molecule has 0 aliphatic rings. The van der Waals surface area contributed by atoms with Gasteiger partial charge in [0.15, 0.2) is 11.6 Å². The molecule has 2 aromatic heterocycles. The maximum Gasteiger partial charge on any atom is 0.176 e. The summed E-state index contributed by atoms with van der Waals surface area (Å²) in [5, 5.41) is 3.33. The van der Waals surface area contributed by atoms with E-state index in [1.165, 1.54) is 5.56 Å². The van der Waals surface area contributed by atoms with Gasteiger partial charge in [-0.3, -0.25) is 0 Å². The van der Waals surface area contributed by atoms with Crippen LogP contribution in [0.5, 0.6) is 0 Å². The SMILES string of the molecule is CCNCc1ccc2nc(-c3ccco3)n(C)c2c1. The molecule has 0 spiro atoms. The number of fused-ring (bicyclic) bond motifs is 1. The molecule has 98 valence electrons. The number of furan rings is 1. The lowest BCUT2D eigenvalue weighted by atomic mass is 10.2. The maximum absolute atomic E-state index is 5.43. The van der Waals surface area contributed by atoms with E-state index in [1.54, 1.807) is 6.26 Å². The van der Waals surface area contributed by atoms with Crippen molar-refractivity contribution >= 4 is 11.0 Å². The Balaban J connectivity index is 2.06. The van der Waals surface area contributed by atoms with Crippen molar-refractivity contribution in [1.82, 2.24) is 14.9 Å². The summed E-state index contributed by atoms with van der Waals surface area (Å²) in [6.45, 7) is 3.96. The topological polar surface area (TPSA) is 43.0 Å². The van der Waals surface area contributed by atoms with Crippen molar-refractivity contribution in [2.24, 2.45) is 7.05 Å². The van der Waals surface area contributed by atoms with Crippen LogP contribution in [0, 0.1) is 0 Å². The lowest BCUT2D eigenvalue weighted by molar-refractivity contribution is 0.574. The van der Waals surface area contributed by atoms with Gasteiger partial charge in [-0.15, -0.1) is 0 Å². The third-order valence-electron chi connectivity index (χ3n) is 3.27. The number of aryl methyl sites for hydroxylation is 1. The van der Waals surface area contributed by atoms with Gasteiger partial charge in [0.05, 0.1) is 17.3 Å². The van der Waals surface area contributed by atoms with Crippen LogP contribution in [0.1, 0.15) is 12.5 Å². The van der Waals surface area contributed by atoms with Crippen molar-refractivity contribution in [3.63, 3.8) is 0 Å². The van der Waals surface area contributed by atoms with Gasteiger partial charge in [0.25, 0.3) is 0 Å². The predicted octanol–water partition coefficient (Wildman–Crippen LogP) is 2.94. The minimum Gasteiger partial charge on any atom is -0.461 e. The second-order valence-electron chi connectivity index (χ2n) is 4.58. The molecule has 2 heterocycles. The first-order valence-electron chi connectivity index (χ1n) is 6.49. The summed E-state index contributed by atoms with van der Waals surface area (Å²) in [6.07, 6.45) is 1.67. The first-order chi connectivity index (χ1) is 9.29. The van der Waals surface area contributed by atoms with Crippen LogP contribution in [0.3, 0.4) is 0 Å². The molecule has 0 amide bonds. The summed E-state index contributed by atoms with van der Waals surface area (Å²) < 4.78 is 7.50. The van der Waals surface area contributed by atoms with E-state index in [1.807, 2.05) is 19.2 Å². The number of hydrogen-bond acceptors (Lipinski definition) is 3. The van der Waals surface area contributed by atoms with Crippen LogP contribution in [-0.2, 0) is 13.6 Å². The third kappa shape index (κ3) is 2.15. The van der Waals surface area contributed by atoms with Gasteiger partial charge in [0, 0.05) is 13.6 Å². The fourth-order valence-corrected chi connectivity index (χ4v) is 2.24. The average Bonchev–Trinajstić information content (AvgIpc) is 3.05. The lowest BCUT2D eigenvalue weighted by Crippen LogP contribution is -2.11. The molecule has 0 atom stereocenters. The summed E-state index contributed by atoms with van der Waals surface area (Å²) in [5.74, 6) is 1.66. The molecule has 0 radical (unpaired) electrons. The molecule has 0 saturated carbocycles. The van der Waals surface area contributed by atoms with Gasteiger partial charge < -0.3 is 14.3 Å². The van der Waals surface area contributed by atoms with Crippen molar-refractivity contribution in [3.05, 3.63) is 42.2 Å². The van der Waals surface area contributed by atoms with E-state index in [0.29, 0.717) is 0 Å². The molecule has 0 saturated heterocycles. The van der Waals surface area contributed by atoms with E-state index < -0.39 is 0 Å². The van der Waals surface area contributed by atoms with Crippen LogP contribution in [0.25, 0.3) is 22.6 Å². The molecule has 4 heteroatoms. The smallest absolute Gasteiger partial charge is 0.176 e. The first kappa shape index (κ1) is 12.0. The molecule has 19 heavy (non-hydrogen) atoms. The molecule has 1 aromatic carbocycles. The summed E-state index contributed by atoms with van der Waals surface area (Å²) in [7, 11) is 2.02. The molecule has 3 rings (SSSR count). The van der Waals surface area contributed by atoms with Gasteiger partial charge in [-0.2, -0.15) is 0 Å². The van der Waals surface area contributed by atoms with Crippen LogP contribution in [-0.4, -0.2) is 16.1 Å². The average molecular weight is 255 g/mol. The highest BCUT2D eigenvalue weighted by atomic mass is 16.3. The minimum atomic E-state index is 0.798. The lowest BCUT2D eigenvalue weighted by Gasteiger charge is -2.03. The van der Waals surface area contributed by atoms with Crippen molar-refractivity contribution in [1.29, 1.82) is 0 Å². The quantitative estimate of drug-likeness (QED) is 0.779. The summed E-state index contributed by atoms with van der Waals surface area (Å²) >= 11 is 0. The molecule has 0 aliphatic heterocycles. The Labute approximate surface area is 112 Å². The molecule has 0 aliphatic carbocycles. The highest BCUT2D eigenvalue weighted by Gasteiger charge is 2.12. The van der Waals surface area contributed by atoms with Crippen molar-refractivity contribution < 1.29 is 4.42 Å². The number of imidazole rings is 1. The van der Waals surface area contributed by atoms with Gasteiger partial charge in [-0.1, -0.05) is 13.0 Å². The van der Waals surface area contributed by atoms with E-state index in [4.69, 9.17) is 4.42 Å². The standard InChI is InChI=1S/C15H17N3O/c1-3-16-10-11-6-7-12-13(9-11)18(2)15(17-12)14-5-4-8-19-14/h4-9,16H,3,10H2,1-2H3. The largest absolute Gasteiger partial charge is 0.461 e. The summed E-state index contributed by atoms with van der Waals surface area (Å²) in [5.41, 5.74) is 3.39. The Hall–Kier alpha value is -2.07. The fraction of sp³-hybridized carbons (Fsp3) is 0.267. The number of nitrogens with zero attached hydrogens (tertiary/aromatic N) is 2. The normalized spacial score (nSPS) is 11.3. The number of benzene rings is 1. The molecule has 0 fully saturated rings. The van der Waals surface area contributed by atoms with E-state index in [9.17, 15) is 0 Å². The molecule has 4 nitrogen and oxygen atoms in total. The second kappa shape index (κ2) is 4.90. The molecule has 0 bridgehead atoms. The van der Waals surface area contributed by atoms with Crippen LogP contribution in [0.4, 0.5) is 0 Å². The predicted molar refractivity (Wildman–Crippen MR) is 75.8 cm³/mol. The van der Waals surface area contributed by atoms with E-state index in [2.05, 4.69) is 40.0 Å². The monoisotopic (exact) mass is 255 g/mol. The summed E-state index contributed by atoms with van der Waals surface area (Å²) in [6, 6.07) is 10.2. The van der Waals surface area contributed by atoms with Crippen LogP contribution in [0.15, 0.2) is 41.0 Å². The second-order valence-corrected chi connectivity index (χ2v) is 4.58. The van der Waals surface area contributed by atoms with E-state index >= 15 is 0 Å². The Morgan fingerprint density at radius 1 is 1.32 bits per heavy atom. The van der Waals surface area contributed by atoms with Gasteiger partial charge in [0.1, 0.15) is 0 Å². The van der Waals surface area contributed by atoms with Gasteiger partial charge in [0.2, 0.25) is 0 Å². The van der Waals surface area contributed by atoms with E-state index in [-0.39, 0.29) is 0 Å². The van der Waals surface area contributed by atoms with Crippen molar-refractivity contribution in [2.45, 2.75) is 13.5 Å². The Bertz CT molecular complexity index is 683. The Morgan fingerprint density at radius 3 is 2.95 bits per heavy atom. The number of nitrogens with one attached hydrogen (secondary N) is 1. The number of hydrogen-bond donors (Lipinski definition) is 1. The zero-order valence-electron chi connectivity index (χ0n) is 11.2. The maximum atomic E-state index is 5.43. The molecule has 0 unspecified atom stereocenters.